The highest BCUT2D eigenvalue weighted by Crippen LogP contribution is 2.10. The lowest BCUT2D eigenvalue weighted by Crippen LogP contribution is -2.41. The van der Waals surface area contributed by atoms with Gasteiger partial charge in [-0.05, 0) is 5.56 Å². The van der Waals surface area contributed by atoms with Crippen LogP contribution in [0.3, 0.4) is 0 Å². The molecule has 1 aromatic rings. The van der Waals surface area contributed by atoms with Crippen LogP contribution >= 0.6 is 0 Å². The zero-order valence-corrected chi connectivity index (χ0v) is 10.8. The Morgan fingerprint density at radius 2 is 1.89 bits per heavy atom. The van der Waals surface area contributed by atoms with Gasteiger partial charge < -0.3 is 5.11 Å². The number of benzene rings is 1. The Balaban J connectivity index is 2.87. The quantitative estimate of drug-likeness (QED) is 0.526. The summed E-state index contributed by atoms with van der Waals surface area (Å²) in [6, 6.07) is 8.56. The Morgan fingerprint density at radius 3 is 2.42 bits per heavy atom. The first-order valence-electron chi connectivity index (χ1n) is 6.24. The zero-order valence-electron chi connectivity index (χ0n) is 11.8. The first kappa shape index (κ1) is 14.1. The Morgan fingerprint density at radius 1 is 1.26 bits per heavy atom. The molecule has 0 bridgehead atoms. The second-order valence-electron chi connectivity index (χ2n) is 3.62. The molecule has 0 amide bonds. The minimum absolute atomic E-state index is 0.510. The van der Waals surface area contributed by atoms with Crippen molar-refractivity contribution in [3.05, 3.63) is 35.9 Å². The first-order chi connectivity index (χ1) is 9.65. The van der Waals surface area contributed by atoms with Crippen molar-refractivity contribution < 1.29 is 30.8 Å². The normalized spacial score (nSPS) is 16.5. The van der Waals surface area contributed by atoms with Crippen LogP contribution in [0.1, 0.15) is 6.93 Å². The summed E-state index contributed by atoms with van der Waals surface area (Å²) < 4.78 is 7.97. The van der Waals surface area contributed by atoms with Crippen molar-refractivity contribution in [3.63, 3.8) is 0 Å². The topological polar surface area (TPSA) is 74.2 Å². The minimum Gasteiger partial charge on any atom is -0.393 e. The summed E-state index contributed by atoms with van der Waals surface area (Å²) >= 11 is 0. The van der Waals surface area contributed by atoms with Crippen LogP contribution in [-0.4, -0.2) is 43.9 Å². The molecule has 0 fully saturated rings. The molecule has 0 aliphatic rings. The highest BCUT2D eigenvalue weighted by Gasteiger charge is 2.31. The number of carbonyl (C=O) groups excluding carboxylic acids is 1. The fraction of sp³-hybridized carbons (Fsp3) is 0.462. The van der Waals surface area contributed by atoms with Crippen LogP contribution in [0.25, 0.3) is 0 Å². The Bertz CT molecular complexity index is 399. The maximum atomic E-state index is 12.3. The van der Waals surface area contributed by atoms with E-state index in [4.69, 9.17) is 11.1 Å². The third kappa shape index (κ3) is 5.06. The molecule has 1 unspecified atom stereocenters. The molecule has 3 atom stereocenters. The summed E-state index contributed by atoms with van der Waals surface area (Å²) in [7, 11) is 2.47. The molecule has 0 radical (unpaired) electrons. The number of carbonyl (C=O) groups is 1. The lowest BCUT2D eigenvalue weighted by molar-refractivity contribution is -0.369. The van der Waals surface area contributed by atoms with E-state index in [9.17, 15) is 9.90 Å². The van der Waals surface area contributed by atoms with Crippen molar-refractivity contribution in [2.75, 3.05) is 20.8 Å². The molecule has 106 valence electrons. The van der Waals surface area contributed by atoms with Gasteiger partial charge in [0, 0.05) is 7.77 Å². The van der Waals surface area contributed by atoms with E-state index in [1.165, 1.54) is 14.2 Å². The van der Waals surface area contributed by atoms with Crippen molar-refractivity contribution in [3.8, 4) is 0 Å². The van der Waals surface area contributed by atoms with Gasteiger partial charge in [0.1, 0.15) is 0 Å². The van der Waals surface area contributed by atoms with Crippen LogP contribution in [-0.2, 0) is 30.7 Å². The minimum atomic E-state index is -1.27. The predicted octanol–water partition coefficient (Wildman–Crippen LogP) is 0.684. The SMILES string of the molecule is [2H]C(C(=O)[C@@H](OOC)[C@@H](CO)OOC)c1ccccc1. The first-order valence-corrected chi connectivity index (χ1v) is 5.66. The summed E-state index contributed by atoms with van der Waals surface area (Å²) in [5, 5.41) is 9.20. The molecule has 0 spiro atoms. The molecule has 6 nitrogen and oxygen atoms in total. The maximum absolute atomic E-state index is 12.3. The Hall–Kier alpha value is -1.31. The molecule has 1 N–H and O–H groups in total. The monoisotopic (exact) mass is 271 g/mol. The molecule has 6 heteroatoms. The largest absolute Gasteiger partial charge is 0.393 e. The molecule has 0 aromatic heterocycles. The number of ketones is 1. The molecule has 19 heavy (non-hydrogen) atoms. The molecule has 1 rings (SSSR count). The van der Waals surface area contributed by atoms with Gasteiger partial charge in [-0.1, -0.05) is 30.3 Å². The van der Waals surface area contributed by atoms with E-state index >= 15 is 0 Å². The standard InChI is InChI=1S/C13H18O6/c1-16-18-12(9-14)13(19-17-2)11(15)8-10-6-4-3-5-7-10/h3-7,12-14H,8-9H2,1-2H3/t12-,13-/m1/s1/i8D/t8?,12-,13-. The lowest BCUT2D eigenvalue weighted by Gasteiger charge is -2.21. The molecular weight excluding hydrogens is 252 g/mol. The number of aliphatic hydroxyl groups is 1. The van der Waals surface area contributed by atoms with Gasteiger partial charge in [0.05, 0.1) is 20.8 Å². The molecular formula is C13H18O6. The summed E-state index contributed by atoms with van der Waals surface area (Å²) in [6.07, 6.45) is -3.53. The van der Waals surface area contributed by atoms with E-state index < -0.39 is 31.0 Å². The van der Waals surface area contributed by atoms with Crippen LogP contribution in [0.5, 0.6) is 0 Å². The van der Waals surface area contributed by atoms with Crippen molar-refractivity contribution in [2.24, 2.45) is 0 Å². The van der Waals surface area contributed by atoms with Crippen molar-refractivity contribution >= 4 is 5.78 Å². The molecule has 0 aliphatic heterocycles. The zero-order chi connectivity index (χ0) is 15.0. The predicted molar refractivity (Wildman–Crippen MR) is 66.0 cm³/mol. The van der Waals surface area contributed by atoms with Gasteiger partial charge in [0.15, 0.2) is 18.0 Å². The third-order valence-corrected chi connectivity index (χ3v) is 2.33. The molecule has 1 aromatic carbocycles. The van der Waals surface area contributed by atoms with Crippen molar-refractivity contribution in [1.82, 2.24) is 0 Å². The molecule has 0 heterocycles. The van der Waals surface area contributed by atoms with Gasteiger partial charge in [-0.2, -0.15) is 0 Å². The fourth-order valence-corrected chi connectivity index (χ4v) is 1.49. The Kier molecular flexibility index (Phi) is 6.48. The van der Waals surface area contributed by atoms with Gasteiger partial charge in [-0.25, -0.2) is 19.6 Å². The second-order valence-corrected chi connectivity index (χ2v) is 3.62. The van der Waals surface area contributed by atoms with Gasteiger partial charge >= 0.3 is 0 Å². The highest BCUT2D eigenvalue weighted by molar-refractivity contribution is 5.85. The van der Waals surface area contributed by atoms with E-state index in [0.717, 1.165) is 0 Å². The van der Waals surface area contributed by atoms with E-state index in [1.54, 1.807) is 30.3 Å². The molecule has 0 saturated heterocycles. The number of hydrogen-bond acceptors (Lipinski definition) is 6. The number of rotatable bonds is 9. The van der Waals surface area contributed by atoms with Crippen LogP contribution in [0.15, 0.2) is 30.3 Å². The molecule has 0 saturated carbocycles. The second kappa shape index (κ2) is 8.73. The summed E-state index contributed by atoms with van der Waals surface area (Å²) in [4.78, 5) is 30.8. The van der Waals surface area contributed by atoms with Crippen molar-refractivity contribution in [1.29, 1.82) is 0 Å². The third-order valence-electron chi connectivity index (χ3n) is 2.33. The summed E-state index contributed by atoms with van der Waals surface area (Å²) in [5.74, 6) is -0.603. The van der Waals surface area contributed by atoms with Crippen molar-refractivity contribution in [2.45, 2.75) is 18.6 Å². The van der Waals surface area contributed by atoms with E-state index in [0.29, 0.717) is 5.56 Å². The van der Waals surface area contributed by atoms with Gasteiger partial charge in [0.25, 0.3) is 0 Å². The number of aliphatic hydroxyl groups excluding tert-OH is 1. The van der Waals surface area contributed by atoms with Crippen LogP contribution < -0.4 is 0 Å². The van der Waals surface area contributed by atoms with Gasteiger partial charge in [-0.3, -0.25) is 4.79 Å². The van der Waals surface area contributed by atoms with Crippen LogP contribution in [0.4, 0.5) is 0 Å². The average molecular weight is 271 g/mol. The van der Waals surface area contributed by atoms with E-state index in [1.807, 2.05) is 0 Å². The van der Waals surface area contributed by atoms with Crippen LogP contribution in [0.2, 0.25) is 0 Å². The maximum Gasteiger partial charge on any atom is 0.183 e. The van der Waals surface area contributed by atoms with E-state index in [-0.39, 0.29) is 0 Å². The molecule has 0 aliphatic carbocycles. The lowest BCUT2D eigenvalue weighted by atomic mass is 10.0. The smallest absolute Gasteiger partial charge is 0.183 e. The van der Waals surface area contributed by atoms with E-state index in [2.05, 4.69) is 9.78 Å². The number of hydrogen-bond donors (Lipinski definition) is 1. The number of Topliss-reactive ketones (excluding diaryl/α,β-unsaturated/α-hetero) is 1. The highest BCUT2D eigenvalue weighted by atomic mass is 17.2. The van der Waals surface area contributed by atoms with Gasteiger partial charge in [-0.15, -0.1) is 0 Å². The van der Waals surface area contributed by atoms with Gasteiger partial charge in [0.2, 0.25) is 0 Å². The van der Waals surface area contributed by atoms with Crippen LogP contribution in [0, 0.1) is 0 Å². The fourth-order valence-electron chi connectivity index (χ4n) is 1.49. The summed E-state index contributed by atoms with van der Waals surface area (Å²) in [6.45, 7) is -0.519. The summed E-state index contributed by atoms with van der Waals surface area (Å²) in [5.41, 5.74) is 0.510. The average Bonchev–Trinajstić information content (AvgIpc) is 2.50. The Labute approximate surface area is 113 Å².